The monoisotopic (exact) mass is 621 g/mol. The van der Waals surface area contributed by atoms with Gasteiger partial charge in [-0.25, -0.2) is 22.5 Å². The minimum atomic E-state index is -3.84. The number of carbonyl (C=O) groups excluding carboxylic acids is 1. The highest BCUT2D eigenvalue weighted by molar-refractivity contribution is 7.89. The number of halogens is 2. The molecule has 0 radical (unpaired) electrons. The number of hydrogen-bond donors (Lipinski definition) is 1. The van der Waals surface area contributed by atoms with E-state index < -0.39 is 16.1 Å². The van der Waals surface area contributed by atoms with Crippen LogP contribution in [0.25, 0.3) is 0 Å². The Labute approximate surface area is 256 Å². The van der Waals surface area contributed by atoms with Crippen molar-refractivity contribution >= 4 is 21.6 Å². The summed E-state index contributed by atoms with van der Waals surface area (Å²) in [5, 5.41) is 0.456. The van der Waals surface area contributed by atoms with Gasteiger partial charge in [-0.3, -0.25) is 4.79 Å². The van der Waals surface area contributed by atoms with Crippen molar-refractivity contribution in [3.05, 3.63) is 112 Å². The zero-order valence-electron chi connectivity index (χ0n) is 24.3. The van der Waals surface area contributed by atoms with Gasteiger partial charge in [0, 0.05) is 49.2 Å². The van der Waals surface area contributed by atoms with E-state index in [0.717, 1.165) is 28.9 Å². The molecule has 0 aliphatic heterocycles. The van der Waals surface area contributed by atoms with Crippen molar-refractivity contribution in [1.82, 2.24) is 14.3 Å². The number of sulfonamides is 1. The van der Waals surface area contributed by atoms with Gasteiger partial charge in [0.25, 0.3) is 0 Å². The number of hydrogen-bond acceptors (Lipinski definition) is 4. The van der Waals surface area contributed by atoms with Crippen LogP contribution in [-0.2, 0) is 33.8 Å². The molecule has 4 aromatic rings. The Balaban J connectivity index is 1.36. The standard InChI is InChI=1S/C33H35ClFN4O3S/c1-33(2)14-13-30(37-43(41,42)25-6-4-5-22(34)17-25)28-18-24(11-12-29(28)33)39(20-31-36-15-16-38(31)3)32(40)27-19-26(27)21-7-9-23(35)10-8-21/h4-12,15-18,26-27,30,34,37H,13-14,19-20H2,1-3H3/q+1/t26-,27?,30+/m1/s1. The van der Waals surface area contributed by atoms with Gasteiger partial charge < -0.3 is 9.47 Å². The zero-order chi connectivity index (χ0) is 30.5. The number of nitrogens with one attached hydrogen (secondary N) is 1. The molecule has 1 saturated carbocycles. The van der Waals surface area contributed by atoms with E-state index in [9.17, 15) is 17.6 Å². The summed E-state index contributed by atoms with van der Waals surface area (Å²) in [5.41, 5.74) is 3.37. The van der Waals surface area contributed by atoms with Crippen LogP contribution in [0.4, 0.5) is 10.1 Å². The SMILES string of the molecule is Cn1ccnc1CN(C(=O)C1C[C@@H]1c1ccc(F)cc1)c1ccc2c(c1)[C@@H](NS(=O)(=O)c1cccc([ClH+])c1)CCC2(C)C. The van der Waals surface area contributed by atoms with Crippen molar-refractivity contribution in [3.63, 3.8) is 0 Å². The summed E-state index contributed by atoms with van der Waals surface area (Å²) in [4.78, 5) is 20.5. The van der Waals surface area contributed by atoms with Gasteiger partial charge >= 0.3 is 0 Å². The first-order valence-corrected chi connectivity index (χ1v) is 16.3. The minimum absolute atomic E-state index is 0.0215. The first kappa shape index (κ1) is 29.5. The minimum Gasteiger partial charge on any atom is -0.337 e. The van der Waals surface area contributed by atoms with Gasteiger partial charge in [0.05, 0.1) is 11.4 Å². The van der Waals surface area contributed by atoms with Gasteiger partial charge in [0.15, 0.2) is 11.6 Å². The van der Waals surface area contributed by atoms with Crippen molar-refractivity contribution < 1.29 is 29.2 Å². The summed E-state index contributed by atoms with van der Waals surface area (Å²) in [6.07, 6.45) is 5.64. The number of imidazole rings is 1. The second-order valence-corrected chi connectivity index (χ2v) is 14.4. The molecule has 7 nitrogen and oxygen atoms in total. The molecule has 1 N–H and O–H groups in total. The molecule has 10 heteroatoms. The van der Waals surface area contributed by atoms with Crippen LogP contribution in [0.3, 0.4) is 0 Å². The third-order valence-corrected chi connectivity index (χ3v) is 10.5. The number of nitrogens with zero attached hydrogens (tertiary/aromatic N) is 3. The fourth-order valence-corrected chi connectivity index (χ4v) is 7.75. The third-order valence-electron chi connectivity index (χ3n) is 8.81. The summed E-state index contributed by atoms with van der Waals surface area (Å²) in [5.74, 6) is 0.173. The molecule has 0 bridgehead atoms. The van der Waals surface area contributed by atoms with E-state index >= 15 is 0 Å². The normalized spacial score (nSPS) is 20.8. The number of aromatic nitrogens is 2. The summed E-state index contributed by atoms with van der Waals surface area (Å²) >= 11 is 5.21. The zero-order valence-corrected chi connectivity index (χ0v) is 26.0. The molecular weight excluding hydrogens is 587 g/mol. The van der Waals surface area contributed by atoms with Gasteiger partial charge in [-0.1, -0.05) is 38.1 Å². The van der Waals surface area contributed by atoms with Crippen LogP contribution >= 0.6 is 0 Å². The van der Waals surface area contributed by atoms with Gasteiger partial charge in [0.1, 0.15) is 11.6 Å². The topological polar surface area (TPSA) is 84.3 Å². The van der Waals surface area contributed by atoms with Crippen LogP contribution in [0.2, 0.25) is 5.02 Å². The van der Waals surface area contributed by atoms with E-state index in [1.54, 1.807) is 41.4 Å². The predicted molar refractivity (Wildman–Crippen MR) is 160 cm³/mol. The summed E-state index contributed by atoms with van der Waals surface area (Å²) in [6, 6.07) is 18.2. The highest BCUT2D eigenvalue weighted by Crippen LogP contribution is 2.50. The number of amides is 1. The highest BCUT2D eigenvalue weighted by Gasteiger charge is 2.46. The van der Waals surface area contributed by atoms with Crippen LogP contribution in [0.15, 0.2) is 84.0 Å². The smallest absolute Gasteiger partial charge is 0.241 e. The van der Waals surface area contributed by atoms with Gasteiger partial charge in [-0.15, -0.1) is 0 Å². The van der Waals surface area contributed by atoms with Crippen molar-refractivity contribution in [2.24, 2.45) is 13.0 Å². The van der Waals surface area contributed by atoms with Crippen molar-refractivity contribution in [1.29, 1.82) is 0 Å². The maximum atomic E-state index is 14.1. The van der Waals surface area contributed by atoms with E-state index in [4.69, 9.17) is 11.6 Å². The molecule has 3 aromatic carbocycles. The number of carbonyl (C=O) groups is 1. The second kappa shape index (κ2) is 11.2. The lowest BCUT2D eigenvalue weighted by atomic mass is 9.71. The Morgan fingerprint density at radius 2 is 1.91 bits per heavy atom. The molecule has 1 fully saturated rings. The Hall–Kier alpha value is -3.53. The molecule has 43 heavy (non-hydrogen) atoms. The maximum absolute atomic E-state index is 14.1. The van der Waals surface area contributed by atoms with Crippen LogP contribution in [0.1, 0.15) is 67.6 Å². The van der Waals surface area contributed by atoms with Crippen LogP contribution in [0.5, 0.6) is 0 Å². The first-order chi connectivity index (χ1) is 20.4. The van der Waals surface area contributed by atoms with Gasteiger partial charge in [-0.2, -0.15) is 0 Å². The summed E-state index contributed by atoms with van der Waals surface area (Å²) in [7, 11) is -1.95. The number of benzene rings is 3. The fraction of sp³-hybridized carbons (Fsp3) is 0.333. The van der Waals surface area contributed by atoms with E-state index in [1.807, 2.05) is 36.0 Å². The molecule has 0 spiro atoms. The number of rotatable bonds is 8. The van der Waals surface area contributed by atoms with Gasteiger partial charge in [-0.05, 0) is 77.6 Å². The molecule has 224 valence electrons. The van der Waals surface area contributed by atoms with E-state index in [0.29, 0.717) is 23.6 Å². The number of aryl methyl sites for hydroxylation is 1. The quantitative estimate of drug-likeness (QED) is 0.274. The summed E-state index contributed by atoms with van der Waals surface area (Å²) in [6.45, 7) is 4.58. The van der Waals surface area contributed by atoms with Crippen molar-refractivity contribution in [2.45, 2.75) is 61.9 Å². The molecular formula is C33H35ClFN4O3S+. The Bertz CT molecular complexity index is 1790. The fourth-order valence-electron chi connectivity index (χ4n) is 6.17. The first-order valence-electron chi connectivity index (χ1n) is 14.4. The summed E-state index contributed by atoms with van der Waals surface area (Å²) < 4.78 is 45.2. The Morgan fingerprint density at radius 3 is 2.60 bits per heavy atom. The molecule has 6 rings (SSSR count). The maximum Gasteiger partial charge on any atom is 0.241 e. The average molecular weight is 622 g/mol. The molecule has 2 aliphatic carbocycles. The van der Waals surface area contributed by atoms with E-state index in [-0.39, 0.29) is 40.4 Å². The number of anilines is 1. The Kier molecular flexibility index (Phi) is 7.69. The molecule has 1 unspecified atom stereocenters. The molecule has 1 heterocycles. The lowest BCUT2D eigenvalue weighted by Gasteiger charge is -2.38. The largest absolute Gasteiger partial charge is 0.337 e. The van der Waals surface area contributed by atoms with Crippen molar-refractivity contribution in [2.75, 3.05) is 4.90 Å². The Morgan fingerprint density at radius 1 is 1.14 bits per heavy atom. The molecule has 3 atom stereocenters. The number of fused-ring (bicyclic) bond motifs is 1. The second-order valence-electron chi connectivity index (χ2n) is 12.2. The van der Waals surface area contributed by atoms with E-state index in [1.165, 1.54) is 18.2 Å². The third kappa shape index (κ3) is 5.98. The predicted octanol–water partition coefficient (Wildman–Crippen LogP) is 5.68. The molecule has 2 aliphatic rings. The van der Waals surface area contributed by atoms with Crippen molar-refractivity contribution in [3.8, 4) is 0 Å². The molecule has 0 saturated heterocycles. The van der Waals surface area contributed by atoms with Crippen LogP contribution in [-0.4, -0.2) is 23.9 Å². The van der Waals surface area contributed by atoms with E-state index in [2.05, 4.69) is 23.6 Å². The average Bonchev–Trinajstić information content (AvgIpc) is 3.67. The highest BCUT2D eigenvalue weighted by atomic mass is 35.5. The van der Waals surface area contributed by atoms with Crippen LogP contribution < -0.4 is 9.62 Å². The lowest BCUT2D eigenvalue weighted by Crippen LogP contribution is -2.37. The molecule has 1 amide bonds. The van der Waals surface area contributed by atoms with Gasteiger partial charge in [0.2, 0.25) is 21.0 Å². The molecule has 1 aromatic heterocycles. The lowest BCUT2D eigenvalue weighted by molar-refractivity contribution is -0.289. The van der Waals surface area contributed by atoms with Crippen LogP contribution in [0, 0.1) is 23.3 Å².